The van der Waals surface area contributed by atoms with Gasteiger partial charge in [0, 0.05) is 0 Å². The fourth-order valence-corrected chi connectivity index (χ4v) is 4.12. The molecule has 4 aliphatic rings. The van der Waals surface area contributed by atoms with E-state index in [1.807, 2.05) is 0 Å². The molecule has 4 rings (SSSR count). The minimum atomic E-state index is -0.521. The number of carboxylic acids is 1. The van der Waals surface area contributed by atoms with Crippen LogP contribution >= 0.6 is 0 Å². The van der Waals surface area contributed by atoms with Gasteiger partial charge in [0.2, 0.25) is 0 Å². The molecular formula is C10H14O2. The van der Waals surface area contributed by atoms with Crippen molar-refractivity contribution in [1.29, 1.82) is 0 Å². The van der Waals surface area contributed by atoms with Gasteiger partial charge in [-0.15, -0.1) is 0 Å². The molecule has 1 N–H and O–H groups in total. The first-order valence-electron chi connectivity index (χ1n) is 4.98. The molecule has 4 saturated carbocycles. The minimum absolute atomic E-state index is 0.0359. The van der Waals surface area contributed by atoms with Gasteiger partial charge in [-0.3, -0.25) is 4.79 Å². The fourth-order valence-electron chi connectivity index (χ4n) is 4.12. The highest BCUT2D eigenvalue weighted by Gasteiger charge is 2.56. The van der Waals surface area contributed by atoms with Crippen molar-refractivity contribution < 1.29 is 9.90 Å². The summed E-state index contributed by atoms with van der Waals surface area (Å²) in [6.45, 7) is 0. The Balaban J connectivity index is 1.94. The van der Waals surface area contributed by atoms with Crippen LogP contribution in [0.4, 0.5) is 0 Å². The van der Waals surface area contributed by atoms with Crippen molar-refractivity contribution in [2.24, 2.45) is 29.6 Å². The largest absolute Gasteiger partial charge is 0.481 e. The Kier molecular flexibility index (Phi) is 1.18. The number of carbonyl (C=O) groups is 1. The van der Waals surface area contributed by atoms with E-state index in [1.165, 1.54) is 25.7 Å². The van der Waals surface area contributed by atoms with E-state index in [4.69, 9.17) is 5.11 Å². The van der Waals surface area contributed by atoms with Crippen LogP contribution in [-0.4, -0.2) is 11.1 Å². The van der Waals surface area contributed by atoms with Crippen LogP contribution in [0, 0.1) is 29.6 Å². The number of carboxylic acid groups (broad SMARTS) is 1. The Morgan fingerprint density at radius 3 is 2.50 bits per heavy atom. The van der Waals surface area contributed by atoms with E-state index < -0.39 is 5.97 Å². The smallest absolute Gasteiger partial charge is 0.307 e. The van der Waals surface area contributed by atoms with Crippen molar-refractivity contribution >= 4 is 5.97 Å². The third kappa shape index (κ3) is 0.686. The van der Waals surface area contributed by atoms with Crippen molar-refractivity contribution in [2.45, 2.75) is 25.7 Å². The average Bonchev–Trinajstić information content (AvgIpc) is 2.38. The van der Waals surface area contributed by atoms with Crippen LogP contribution in [0.1, 0.15) is 25.7 Å². The number of rotatable bonds is 1. The van der Waals surface area contributed by atoms with E-state index in [0.717, 1.165) is 11.8 Å². The highest BCUT2D eigenvalue weighted by Crippen LogP contribution is 2.60. The summed E-state index contributed by atoms with van der Waals surface area (Å²) in [7, 11) is 0. The first kappa shape index (κ1) is 6.93. The van der Waals surface area contributed by atoms with E-state index in [-0.39, 0.29) is 5.92 Å². The summed E-state index contributed by atoms with van der Waals surface area (Å²) in [6.07, 6.45) is 4.99. The Labute approximate surface area is 72.0 Å². The maximum atomic E-state index is 11.0. The minimum Gasteiger partial charge on any atom is -0.481 e. The molecule has 66 valence electrons. The Morgan fingerprint density at radius 1 is 1.08 bits per heavy atom. The SMILES string of the molecule is O=C(O)C1C2CC3CC(C2)C1C3. The fraction of sp³-hybridized carbons (Fsp3) is 0.900. The van der Waals surface area contributed by atoms with Crippen LogP contribution in [0.5, 0.6) is 0 Å². The molecule has 5 unspecified atom stereocenters. The molecule has 4 aliphatic carbocycles. The molecule has 0 aliphatic heterocycles. The van der Waals surface area contributed by atoms with Gasteiger partial charge in [-0.1, -0.05) is 0 Å². The van der Waals surface area contributed by atoms with Crippen LogP contribution in [0.2, 0.25) is 0 Å². The van der Waals surface area contributed by atoms with Crippen molar-refractivity contribution in [3.8, 4) is 0 Å². The zero-order chi connectivity index (χ0) is 8.29. The lowest BCUT2D eigenvalue weighted by Crippen LogP contribution is -2.29. The molecule has 12 heavy (non-hydrogen) atoms. The molecule has 0 amide bonds. The second-order valence-corrected chi connectivity index (χ2v) is 4.86. The molecule has 0 spiro atoms. The molecule has 0 radical (unpaired) electrons. The lowest BCUT2D eigenvalue weighted by Gasteiger charge is -2.29. The van der Waals surface area contributed by atoms with E-state index in [1.54, 1.807) is 0 Å². The topological polar surface area (TPSA) is 37.3 Å². The molecule has 2 heteroatoms. The molecule has 0 aromatic rings. The van der Waals surface area contributed by atoms with Gasteiger partial charge >= 0.3 is 5.97 Å². The molecule has 0 heterocycles. The second kappa shape index (κ2) is 2.04. The first-order valence-corrected chi connectivity index (χ1v) is 4.98. The second-order valence-electron chi connectivity index (χ2n) is 4.86. The van der Waals surface area contributed by atoms with Gasteiger partial charge in [-0.2, -0.15) is 0 Å². The monoisotopic (exact) mass is 166 g/mol. The van der Waals surface area contributed by atoms with Gasteiger partial charge in [0.1, 0.15) is 0 Å². The highest BCUT2D eigenvalue weighted by atomic mass is 16.4. The summed E-state index contributed by atoms with van der Waals surface area (Å²) in [5.41, 5.74) is 0. The molecule has 4 bridgehead atoms. The maximum Gasteiger partial charge on any atom is 0.307 e. The Hall–Kier alpha value is -0.530. The van der Waals surface area contributed by atoms with Crippen LogP contribution in [0.15, 0.2) is 0 Å². The molecule has 4 fully saturated rings. The van der Waals surface area contributed by atoms with Crippen LogP contribution < -0.4 is 0 Å². The standard InChI is InChI=1S/C10H14O2/c11-10(12)9-7-2-5-1-6(4-7)8(9)3-5/h5-9H,1-4H2,(H,11,12). The lowest BCUT2D eigenvalue weighted by molar-refractivity contribution is -0.145. The molecular weight excluding hydrogens is 152 g/mol. The molecule has 0 saturated heterocycles. The first-order chi connectivity index (χ1) is 5.75. The normalized spacial score (nSPS) is 54.8. The number of hydrogen-bond donors (Lipinski definition) is 1. The Bertz CT molecular complexity index is 232. The number of hydrogen-bond acceptors (Lipinski definition) is 1. The van der Waals surface area contributed by atoms with Crippen molar-refractivity contribution in [2.75, 3.05) is 0 Å². The maximum absolute atomic E-state index is 11.0. The summed E-state index contributed by atoms with van der Waals surface area (Å²) in [4.78, 5) is 11.0. The van der Waals surface area contributed by atoms with Gasteiger partial charge < -0.3 is 5.11 Å². The average molecular weight is 166 g/mol. The number of aliphatic carboxylic acids is 1. The van der Waals surface area contributed by atoms with Crippen molar-refractivity contribution in [3.05, 3.63) is 0 Å². The summed E-state index contributed by atoms with van der Waals surface area (Å²) >= 11 is 0. The van der Waals surface area contributed by atoms with Crippen LogP contribution in [0.25, 0.3) is 0 Å². The van der Waals surface area contributed by atoms with E-state index >= 15 is 0 Å². The summed E-state index contributed by atoms with van der Waals surface area (Å²) in [6, 6.07) is 0. The van der Waals surface area contributed by atoms with Gasteiger partial charge in [-0.05, 0) is 49.4 Å². The van der Waals surface area contributed by atoms with Crippen molar-refractivity contribution in [3.63, 3.8) is 0 Å². The lowest BCUT2D eigenvalue weighted by atomic mass is 9.75. The van der Waals surface area contributed by atoms with E-state index in [2.05, 4.69) is 0 Å². The molecule has 5 atom stereocenters. The predicted molar refractivity (Wildman–Crippen MR) is 43.6 cm³/mol. The molecule has 2 nitrogen and oxygen atoms in total. The third-order valence-corrected chi connectivity index (χ3v) is 4.34. The quantitative estimate of drug-likeness (QED) is 0.644. The molecule has 0 aromatic carbocycles. The van der Waals surface area contributed by atoms with Crippen molar-refractivity contribution in [1.82, 2.24) is 0 Å². The van der Waals surface area contributed by atoms with Gasteiger partial charge in [0.05, 0.1) is 5.92 Å². The highest BCUT2D eigenvalue weighted by molar-refractivity contribution is 5.71. The zero-order valence-corrected chi connectivity index (χ0v) is 7.07. The summed E-state index contributed by atoms with van der Waals surface area (Å²) in [5, 5.41) is 9.06. The van der Waals surface area contributed by atoms with Gasteiger partial charge in [0.25, 0.3) is 0 Å². The Morgan fingerprint density at radius 2 is 1.83 bits per heavy atom. The van der Waals surface area contributed by atoms with E-state index in [9.17, 15) is 4.79 Å². The van der Waals surface area contributed by atoms with Gasteiger partial charge in [-0.25, -0.2) is 0 Å². The van der Waals surface area contributed by atoms with Gasteiger partial charge in [0.15, 0.2) is 0 Å². The third-order valence-electron chi connectivity index (χ3n) is 4.34. The predicted octanol–water partition coefficient (Wildman–Crippen LogP) is 1.75. The van der Waals surface area contributed by atoms with Crippen LogP contribution in [-0.2, 0) is 4.79 Å². The zero-order valence-electron chi connectivity index (χ0n) is 7.07. The summed E-state index contributed by atoms with van der Waals surface area (Å²) < 4.78 is 0. The molecule has 0 aromatic heterocycles. The van der Waals surface area contributed by atoms with E-state index in [0.29, 0.717) is 11.8 Å². The van der Waals surface area contributed by atoms with Crippen LogP contribution in [0.3, 0.4) is 0 Å². The summed E-state index contributed by atoms with van der Waals surface area (Å²) in [5.74, 6) is 2.31.